The average Bonchev–Trinajstić information content (AvgIpc) is 2.88. The number of carbonyl (C=O) groups is 1. The van der Waals surface area contributed by atoms with Crippen molar-refractivity contribution >= 4 is 5.91 Å². The van der Waals surface area contributed by atoms with Crippen LogP contribution in [0, 0.1) is 25.2 Å². The Balaban J connectivity index is 1.96. The SMILES string of the molecule is COc1ccc(-n2c(C)cc(C(=O)N(C)C3(C#N)CCC3)c2C)cc1. The van der Waals surface area contributed by atoms with Crippen molar-refractivity contribution in [1.82, 2.24) is 9.47 Å². The van der Waals surface area contributed by atoms with Gasteiger partial charge >= 0.3 is 0 Å². The number of aryl methyl sites for hydroxylation is 1. The van der Waals surface area contributed by atoms with E-state index in [1.807, 2.05) is 44.2 Å². The number of methoxy groups -OCH3 is 1. The Morgan fingerprint density at radius 3 is 2.40 bits per heavy atom. The maximum Gasteiger partial charge on any atom is 0.256 e. The van der Waals surface area contributed by atoms with Gasteiger partial charge in [0, 0.05) is 24.1 Å². The molecular formula is C20H23N3O2. The van der Waals surface area contributed by atoms with Crippen LogP contribution < -0.4 is 4.74 Å². The first-order chi connectivity index (χ1) is 11.9. The molecule has 0 radical (unpaired) electrons. The second kappa shape index (κ2) is 6.29. The standard InChI is InChI=1S/C20H23N3O2/c1-14-12-18(19(24)22(3)20(13-21)10-5-11-20)15(2)23(14)16-6-8-17(25-4)9-7-16/h6-9,12H,5,10-11H2,1-4H3. The molecule has 2 aromatic rings. The monoisotopic (exact) mass is 337 g/mol. The van der Waals surface area contributed by atoms with Crippen molar-refractivity contribution in [2.45, 2.75) is 38.6 Å². The lowest BCUT2D eigenvalue weighted by Gasteiger charge is -2.42. The topological polar surface area (TPSA) is 58.3 Å². The van der Waals surface area contributed by atoms with Gasteiger partial charge in [-0.25, -0.2) is 0 Å². The van der Waals surface area contributed by atoms with Gasteiger partial charge in [-0.15, -0.1) is 0 Å². The zero-order valence-corrected chi connectivity index (χ0v) is 15.2. The third kappa shape index (κ3) is 2.68. The van der Waals surface area contributed by atoms with Crippen LogP contribution in [-0.2, 0) is 0 Å². The number of carbonyl (C=O) groups excluding carboxylic acids is 1. The molecule has 0 spiro atoms. The first-order valence-electron chi connectivity index (χ1n) is 8.46. The smallest absolute Gasteiger partial charge is 0.256 e. The lowest BCUT2D eigenvalue weighted by atomic mass is 9.76. The average molecular weight is 337 g/mol. The van der Waals surface area contributed by atoms with Gasteiger partial charge in [-0.3, -0.25) is 4.79 Å². The van der Waals surface area contributed by atoms with Gasteiger partial charge in [-0.1, -0.05) is 0 Å². The normalized spacial score (nSPS) is 15.2. The quantitative estimate of drug-likeness (QED) is 0.856. The first kappa shape index (κ1) is 17.1. The van der Waals surface area contributed by atoms with Gasteiger partial charge < -0.3 is 14.2 Å². The number of hydrogen-bond donors (Lipinski definition) is 0. The molecule has 1 amide bonds. The molecule has 0 atom stereocenters. The molecular weight excluding hydrogens is 314 g/mol. The van der Waals surface area contributed by atoms with Crippen LogP contribution in [0.15, 0.2) is 30.3 Å². The predicted molar refractivity (Wildman–Crippen MR) is 96.1 cm³/mol. The summed E-state index contributed by atoms with van der Waals surface area (Å²) < 4.78 is 7.26. The number of rotatable bonds is 4. The molecule has 1 saturated carbocycles. The summed E-state index contributed by atoms with van der Waals surface area (Å²) in [6.07, 6.45) is 2.50. The molecule has 0 aliphatic heterocycles. The maximum absolute atomic E-state index is 13.0. The fourth-order valence-electron chi connectivity index (χ4n) is 3.52. The Hall–Kier alpha value is -2.74. The maximum atomic E-state index is 13.0. The van der Waals surface area contributed by atoms with E-state index in [4.69, 9.17) is 4.74 Å². The van der Waals surface area contributed by atoms with Crippen molar-refractivity contribution in [2.24, 2.45) is 0 Å². The molecule has 5 heteroatoms. The van der Waals surface area contributed by atoms with Crippen LogP contribution in [0.2, 0.25) is 0 Å². The summed E-state index contributed by atoms with van der Waals surface area (Å²) in [4.78, 5) is 14.6. The van der Waals surface area contributed by atoms with Crippen molar-refractivity contribution < 1.29 is 9.53 Å². The first-order valence-corrected chi connectivity index (χ1v) is 8.46. The van der Waals surface area contributed by atoms with E-state index in [9.17, 15) is 10.1 Å². The Morgan fingerprint density at radius 2 is 1.92 bits per heavy atom. The van der Waals surface area contributed by atoms with Crippen molar-refractivity contribution in [3.05, 3.63) is 47.3 Å². The third-order valence-electron chi connectivity index (χ3n) is 5.33. The van der Waals surface area contributed by atoms with Crippen LogP contribution in [-0.4, -0.2) is 35.1 Å². The third-order valence-corrected chi connectivity index (χ3v) is 5.33. The molecule has 0 unspecified atom stereocenters. The minimum absolute atomic E-state index is 0.0888. The van der Waals surface area contributed by atoms with Gasteiger partial charge in [0.1, 0.15) is 11.3 Å². The van der Waals surface area contributed by atoms with Crippen LogP contribution in [0.4, 0.5) is 0 Å². The summed E-state index contributed by atoms with van der Waals surface area (Å²) in [6, 6.07) is 12.0. The van der Waals surface area contributed by atoms with E-state index < -0.39 is 5.54 Å². The molecule has 130 valence electrons. The van der Waals surface area contributed by atoms with Crippen molar-refractivity contribution in [3.8, 4) is 17.5 Å². The van der Waals surface area contributed by atoms with Crippen LogP contribution in [0.1, 0.15) is 41.0 Å². The minimum atomic E-state index is -0.639. The molecule has 0 saturated heterocycles. The van der Waals surface area contributed by atoms with E-state index in [-0.39, 0.29) is 5.91 Å². The molecule has 1 heterocycles. The zero-order chi connectivity index (χ0) is 18.2. The van der Waals surface area contributed by atoms with Crippen LogP contribution >= 0.6 is 0 Å². The number of nitrogens with zero attached hydrogens (tertiary/aromatic N) is 3. The number of nitriles is 1. The fourth-order valence-corrected chi connectivity index (χ4v) is 3.52. The van der Waals surface area contributed by atoms with Gasteiger partial charge in [0.05, 0.1) is 18.7 Å². The Labute approximate surface area is 148 Å². The van der Waals surface area contributed by atoms with E-state index in [0.29, 0.717) is 5.56 Å². The summed E-state index contributed by atoms with van der Waals surface area (Å²) in [5, 5.41) is 9.50. The van der Waals surface area contributed by atoms with E-state index in [1.54, 1.807) is 19.1 Å². The highest BCUT2D eigenvalue weighted by molar-refractivity contribution is 5.96. The van der Waals surface area contributed by atoms with Gasteiger partial charge in [-0.05, 0) is 63.4 Å². The highest BCUT2D eigenvalue weighted by Crippen LogP contribution is 2.37. The van der Waals surface area contributed by atoms with Crippen LogP contribution in [0.5, 0.6) is 5.75 Å². The molecule has 0 N–H and O–H groups in total. The predicted octanol–water partition coefficient (Wildman–Crippen LogP) is 3.62. The highest BCUT2D eigenvalue weighted by Gasteiger charge is 2.44. The Kier molecular flexibility index (Phi) is 4.30. The van der Waals surface area contributed by atoms with Crippen molar-refractivity contribution in [1.29, 1.82) is 5.26 Å². The molecule has 5 nitrogen and oxygen atoms in total. The highest BCUT2D eigenvalue weighted by atomic mass is 16.5. The van der Waals surface area contributed by atoms with Gasteiger partial charge in [0.2, 0.25) is 0 Å². The lowest BCUT2D eigenvalue weighted by molar-refractivity contribution is 0.0497. The largest absolute Gasteiger partial charge is 0.497 e. The molecule has 3 rings (SSSR count). The summed E-state index contributed by atoms with van der Waals surface area (Å²) in [7, 11) is 3.38. The molecule has 25 heavy (non-hydrogen) atoms. The lowest BCUT2D eigenvalue weighted by Crippen LogP contribution is -2.53. The van der Waals surface area contributed by atoms with Gasteiger partial charge in [0.15, 0.2) is 0 Å². The van der Waals surface area contributed by atoms with Gasteiger partial charge in [-0.2, -0.15) is 5.26 Å². The fraction of sp³-hybridized carbons (Fsp3) is 0.400. The summed E-state index contributed by atoms with van der Waals surface area (Å²) in [5.41, 5.74) is 2.86. The van der Waals surface area contributed by atoms with Crippen molar-refractivity contribution in [3.63, 3.8) is 0 Å². The number of benzene rings is 1. The number of ether oxygens (including phenoxy) is 1. The summed E-state index contributed by atoms with van der Waals surface area (Å²) in [6.45, 7) is 3.93. The molecule has 1 aliphatic carbocycles. The Bertz CT molecular complexity index is 839. The zero-order valence-electron chi connectivity index (χ0n) is 15.2. The number of aromatic nitrogens is 1. The van der Waals surface area contributed by atoms with E-state index >= 15 is 0 Å². The van der Waals surface area contributed by atoms with Gasteiger partial charge in [0.25, 0.3) is 5.91 Å². The Morgan fingerprint density at radius 1 is 1.28 bits per heavy atom. The molecule has 1 aliphatic rings. The minimum Gasteiger partial charge on any atom is -0.497 e. The second-order valence-electron chi connectivity index (χ2n) is 6.68. The second-order valence-corrected chi connectivity index (χ2v) is 6.68. The summed E-state index contributed by atoms with van der Waals surface area (Å²) >= 11 is 0. The molecule has 1 aromatic heterocycles. The number of amides is 1. The molecule has 0 bridgehead atoms. The van der Waals surface area contributed by atoms with Crippen LogP contribution in [0.3, 0.4) is 0 Å². The number of hydrogen-bond acceptors (Lipinski definition) is 3. The molecule has 1 aromatic carbocycles. The molecule has 1 fully saturated rings. The van der Waals surface area contributed by atoms with E-state index in [0.717, 1.165) is 42.1 Å². The van der Waals surface area contributed by atoms with Crippen LogP contribution in [0.25, 0.3) is 5.69 Å². The van der Waals surface area contributed by atoms with E-state index in [1.165, 1.54) is 0 Å². The van der Waals surface area contributed by atoms with Crippen molar-refractivity contribution in [2.75, 3.05) is 14.2 Å². The van der Waals surface area contributed by atoms with E-state index in [2.05, 4.69) is 10.6 Å². The summed E-state index contributed by atoms with van der Waals surface area (Å²) in [5.74, 6) is 0.706.